The van der Waals surface area contributed by atoms with Gasteiger partial charge in [0.05, 0.1) is 11.6 Å². The van der Waals surface area contributed by atoms with Gasteiger partial charge >= 0.3 is 5.97 Å². The van der Waals surface area contributed by atoms with E-state index in [-0.39, 0.29) is 6.04 Å². The van der Waals surface area contributed by atoms with Gasteiger partial charge in [-0.15, -0.1) is 0 Å². The number of aromatic carboxylic acids is 1. The van der Waals surface area contributed by atoms with Crippen LogP contribution in [-0.4, -0.2) is 11.1 Å². The molecule has 0 spiro atoms. The zero-order chi connectivity index (χ0) is 14.5. The first-order valence-corrected chi connectivity index (χ1v) is 7.25. The Bertz CT molecular complexity index is 613. The molecule has 104 valence electrons. The smallest absolute Gasteiger partial charge is 0.337 e. The van der Waals surface area contributed by atoms with Crippen molar-refractivity contribution in [2.45, 2.75) is 19.4 Å². The van der Waals surface area contributed by atoms with E-state index in [4.69, 9.17) is 0 Å². The Kier molecular flexibility index (Phi) is 4.79. The molecule has 2 aromatic rings. The molecule has 3 nitrogen and oxygen atoms in total. The Hall–Kier alpha value is -1.81. The number of para-hydroxylation sites is 1. The fraction of sp³-hybridized carbons (Fsp3) is 0.188. The lowest BCUT2D eigenvalue weighted by molar-refractivity contribution is 0.0698. The Morgan fingerprint density at radius 3 is 2.65 bits per heavy atom. The van der Waals surface area contributed by atoms with Crippen LogP contribution >= 0.6 is 15.9 Å². The highest BCUT2D eigenvalue weighted by Gasteiger charge is 2.14. The lowest BCUT2D eigenvalue weighted by Gasteiger charge is -2.20. The maximum Gasteiger partial charge on any atom is 0.337 e. The molecule has 2 aromatic carbocycles. The maximum atomic E-state index is 11.2. The standard InChI is InChI=1S/C16H16BrNO2/c1-2-14(11-6-5-7-12(17)10-11)18-15-9-4-3-8-13(15)16(19)20/h3-10,14,18H,2H2,1H3,(H,19,20). The number of nitrogens with one attached hydrogen (secondary N) is 1. The summed E-state index contributed by atoms with van der Waals surface area (Å²) in [5.41, 5.74) is 2.06. The summed E-state index contributed by atoms with van der Waals surface area (Å²) < 4.78 is 1.02. The predicted molar refractivity (Wildman–Crippen MR) is 84.2 cm³/mol. The van der Waals surface area contributed by atoms with Crippen LogP contribution in [0, 0.1) is 0 Å². The van der Waals surface area contributed by atoms with Gasteiger partial charge in [0.1, 0.15) is 0 Å². The quantitative estimate of drug-likeness (QED) is 0.832. The molecule has 0 amide bonds. The van der Waals surface area contributed by atoms with Gasteiger partial charge in [-0.25, -0.2) is 4.79 Å². The molecule has 2 N–H and O–H groups in total. The highest BCUT2D eigenvalue weighted by Crippen LogP contribution is 2.26. The number of halogens is 1. The van der Waals surface area contributed by atoms with Crippen LogP contribution in [0.1, 0.15) is 35.3 Å². The summed E-state index contributed by atoms with van der Waals surface area (Å²) in [7, 11) is 0. The van der Waals surface area contributed by atoms with Crippen molar-refractivity contribution in [3.8, 4) is 0 Å². The van der Waals surface area contributed by atoms with Gasteiger partial charge in [-0.3, -0.25) is 0 Å². The van der Waals surface area contributed by atoms with E-state index in [9.17, 15) is 9.90 Å². The second kappa shape index (κ2) is 6.57. The molecule has 0 saturated heterocycles. The van der Waals surface area contributed by atoms with E-state index >= 15 is 0 Å². The van der Waals surface area contributed by atoms with Gasteiger partial charge in [-0.2, -0.15) is 0 Å². The van der Waals surface area contributed by atoms with E-state index in [0.717, 1.165) is 16.5 Å². The van der Waals surface area contributed by atoms with Gasteiger partial charge in [0, 0.05) is 10.2 Å². The summed E-state index contributed by atoms with van der Waals surface area (Å²) in [6, 6.07) is 15.1. The topological polar surface area (TPSA) is 49.3 Å². The zero-order valence-electron chi connectivity index (χ0n) is 11.1. The van der Waals surface area contributed by atoms with Gasteiger partial charge in [-0.1, -0.05) is 47.1 Å². The van der Waals surface area contributed by atoms with Crippen LogP contribution in [-0.2, 0) is 0 Å². The number of anilines is 1. The number of hydrogen-bond donors (Lipinski definition) is 2. The molecule has 0 saturated carbocycles. The normalized spacial score (nSPS) is 11.9. The Balaban J connectivity index is 2.29. The molecule has 1 atom stereocenters. The monoisotopic (exact) mass is 333 g/mol. The molecule has 0 fully saturated rings. The average molecular weight is 334 g/mol. The predicted octanol–water partition coefficient (Wildman–Crippen LogP) is 4.71. The summed E-state index contributed by atoms with van der Waals surface area (Å²) in [5, 5.41) is 12.5. The van der Waals surface area contributed by atoms with Gasteiger partial charge in [0.15, 0.2) is 0 Å². The number of carboxylic acid groups (broad SMARTS) is 1. The van der Waals surface area contributed by atoms with Crippen molar-refractivity contribution in [3.63, 3.8) is 0 Å². The number of hydrogen-bond acceptors (Lipinski definition) is 2. The Morgan fingerprint density at radius 2 is 2.00 bits per heavy atom. The van der Waals surface area contributed by atoms with Crippen molar-refractivity contribution in [1.29, 1.82) is 0 Å². The molecule has 0 aromatic heterocycles. The lowest BCUT2D eigenvalue weighted by atomic mass is 10.0. The van der Waals surface area contributed by atoms with Crippen LogP contribution in [0.4, 0.5) is 5.69 Å². The summed E-state index contributed by atoms with van der Waals surface area (Å²) >= 11 is 3.46. The third-order valence-electron chi connectivity index (χ3n) is 3.15. The molecule has 20 heavy (non-hydrogen) atoms. The number of carbonyl (C=O) groups is 1. The summed E-state index contributed by atoms with van der Waals surface area (Å²) in [6.45, 7) is 2.07. The number of rotatable bonds is 5. The van der Waals surface area contributed by atoms with Crippen molar-refractivity contribution < 1.29 is 9.90 Å². The van der Waals surface area contributed by atoms with Crippen LogP contribution in [0.2, 0.25) is 0 Å². The highest BCUT2D eigenvalue weighted by atomic mass is 79.9. The largest absolute Gasteiger partial charge is 0.478 e. The fourth-order valence-corrected chi connectivity index (χ4v) is 2.54. The molecule has 1 unspecified atom stereocenters. The second-order valence-corrected chi connectivity index (χ2v) is 5.43. The van der Waals surface area contributed by atoms with Crippen LogP contribution in [0.25, 0.3) is 0 Å². The van der Waals surface area contributed by atoms with Crippen molar-refractivity contribution >= 4 is 27.6 Å². The van der Waals surface area contributed by atoms with E-state index < -0.39 is 5.97 Å². The third kappa shape index (κ3) is 3.39. The number of carboxylic acids is 1. The average Bonchev–Trinajstić information content (AvgIpc) is 2.45. The van der Waals surface area contributed by atoms with Gasteiger partial charge in [0.2, 0.25) is 0 Å². The van der Waals surface area contributed by atoms with Crippen molar-refractivity contribution in [1.82, 2.24) is 0 Å². The fourth-order valence-electron chi connectivity index (χ4n) is 2.13. The van der Waals surface area contributed by atoms with Crippen molar-refractivity contribution in [2.24, 2.45) is 0 Å². The molecule has 0 aliphatic heterocycles. The first kappa shape index (κ1) is 14.6. The second-order valence-electron chi connectivity index (χ2n) is 4.51. The van der Waals surface area contributed by atoms with Crippen LogP contribution in [0.15, 0.2) is 53.0 Å². The first-order chi connectivity index (χ1) is 9.61. The van der Waals surface area contributed by atoms with Crippen LogP contribution in [0.5, 0.6) is 0 Å². The minimum atomic E-state index is -0.919. The summed E-state index contributed by atoms with van der Waals surface area (Å²) in [4.78, 5) is 11.2. The Morgan fingerprint density at radius 1 is 1.25 bits per heavy atom. The minimum absolute atomic E-state index is 0.0769. The van der Waals surface area contributed by atoms with Gasteiger partial charge in [0.25, 0.3) is 0 Å². The van der Waals surface area contributed by atoms with Crippen molar-refractivity contribution in [2.75, 3.05) is 5.32 Å². The highest BCUT2D eigenvalue weighted by molar-refractivity contribution is 9.10. The minimum Gasteiger partial charge on any atom is -0.478 e. The maximum absolute atomic E-state index is 11.2. The Labute approximate surface area is 126 Å². The van der Waals surface area contributed by atoms with E-state index in [1.807, 2.05) is 30.3 Å². The van der Waals surface area contributed by atoms with E-state index in [1.165, 1.54) is 0 Å². The molecule has 0 bridgehead atoms. The molecule has 0 aliphatic carbocycles. The van der Waals surface area contributed by atoms with Crippen LogP contribution in [0.3, 0.4) is 0 Å². The summed E-state index contributed by atoms with van der Waals surface area (Å²) in [5.74, 6) is -0.919. The van der Waals surface area contributed by atoms with E-state index in [2.05, 4.69) is 28.2 Å². The molecular weight excluding hydrogens is 318 g/mol. The van der Waals surface area contributed by atoms with E-state index in [0.29, 0.717) is 11.3 Å². The molecule has 0 aliphatic rings. The van der Waals surface area contributed by atoms with Crippen LogP contribution < -0.4 is 5.32 Å². The molecule has 0 radical (unpaired) electrons. The molecule has 2 rings (SSSR count). The molecule has 0 heterocycles. The number of benzene rings is 2. The molecular formula is C16H16BrNO2. The lowest BCUT2D eigenvalue weighted by Crippen LogP contribution is -2.12. The first-order valence-electron chi connectivity index (χ1n) is 6.46. The van der Waals surface area contributed by atoms with Gasteiger partial charge in [-0.05, 0) is 36.2 Å². The van der Waals surface area contributed by atoms with Crippen molar-refractivity contribution in [3.05, 3.63) is 64.1 Å². The molecule has 4 heteroatoms. The van der Waals surface area contributed by atoms with E-state index in [1.54, 1.807) is 18.2 Å². The third-order valence-corrected chi connectivity index (χ3v) is 3.64. The zero-order valence-corrected chi connectivity index (χ0v) is 12.7. The van der Waals surface area contributed by atoms with Gasteiger partial charge < -0.3 is 10.4 Å². The SMILES string of the molecule is CCC(Nc1ccccc1C(=O)O)c1cccc(Br)c1. The summed E-state index contributed by atoms with van der Waals surface area (Å²) in [6.07, 6.45) is 0.865.